The maximum Gasteiger partial charge on any atom is 0.416 e. The number of nitrogens with zero attached hydrogens (tertiary/aromatic N) is 4. The van der Waals surface area contributed by atoms with Crippen molar-refractivity contribution in [1.82, 2.24) is 25.1 Å². The summed E-state index contributed by atoms with van der Waals surface area (Å²) in [6, 6.07) is 14.4. The van der Waals surface area contributed by atoms with Gasteiger partial charge in [0.05, 0.1) is 17.7 Å². The molecule has 2 saturated heterocycles. The highest BCUT2D eigenvalue weighted by Crippen LogP contribution is 2.42. The van der Waals surface area contributed by atoms with Gasteiger partial charge in [-0.1, -0.05) is 30.3 Å². The van der Waals surface area contributed by atoms with Crippen molar-refractivity contribution < 1.29 is 27.9 Å². The van der Waals surface area contributed by atoms with Crippen LogP contribution in [0.2, 0.25) is 0 Å². The van der Waals surface area contributed by atoms with Gasteiger partial charge in [-0.05, 0) is 68.4 Å². The maximum atomic E-state index is 13.1. The molecule has 2 aliphatic heterocycles. The number of hydrogen-bond donors (Lipinski definition) is 2. The molecule has 8 nitrogen and oxygen atoms in total. The van der Waals surface area contributed by atoms with Crippen molar-refractivity contribution in [1.29, 1.82) is 0 Å². The van der Waals surface area contributed by atoms with Gasteiger partial charge in [0.2, 0.25) is 5.91 Å². The van der Waals surface area contributed by atoms with Gasteiger partial charge in [-0.3, -0.25) is 14.5 Å². The van der Waals surface area contributed by atoms with Crippen LogP contribution in [0, 0.1) is 0 Å². The number of carbonyl (C=O) groups is 2. The minimum atomic E-state index is -4.55. The summed E-state index contributed by atoms with van der Waals surface area (Å²) < 4.78 is 39.0. The largest absolute Gasteiger partial charge is 0.416 e. The number of amides is 2. The van der Waals surface area contributed by atoms with Crippen LogP contribution in [-0.4, -0.2) is 74.4 Å². The molecular weight excluding hydrogens is 559 g/mol. The predicted molar refractivity (Wildman–Crippen MR) is 153 cm³/mol. The molecule has 43 heavy (non-hydrogen) atoms. The number of halogens is 3. The van der Waals surface area contributed by atoms with Gasteiger partial charge < -0.3 is 15.3 Å². The number of fused-ring (bicyclic) bond motifs is 1. The van der Waals surface area contributed by atoms with E-state index in [1.54, 1.807) is 18.5 Å². The van der Waals surface area contributed by atoms with Gasteiger partial charge in [-0.15, -0.1) is 0 Å². The molecule has 1 aliphatic carbocycles. The topological polar surface area (TPSA) is 98.7 Å². The van der Waals surface area contributed by atoms with Gasteiger partial charge in [-0.25, -0.2) is 9.97 Å². The molecule has 0 radical (unpaired) electrons. The van der Waals surface area contributed by atoms with E-state index in [0.717, 1.165) is 55.5 Å². The van der Waals surface area contributed by atoms with Crippen molar-refractivity contribution >= 4 is 11.8 Å². The molecule has 0 unspecified atom stereocenters. The third-order valence-electron chi connectivity index (χ3n) is 9.29. The number of hydrogen-bond acceptors (Lipinski definition) is 6. The van der Waals surface area contributed by atoms with Crippen LogP contribution in [0.1, 0.15) is 60.0 Å². The molecule has 2 amide bonds. The monoisotopic (exact) mass is 593 g/mol. The molecular formula is C32H34F3N5O3. The highest BCUT2D eigenvalue weighted by Gasteiger charge is 2.48. The fourth-order valence-corrected chi connectivity index (χ4v) is 7.06. The van der Waals surface area contributed by atoms with Gasteiger partial charge in [-0.2, -0.15) is 13.2 Å². The first-order valence-electron chi connectivity index (χ1n) is 14.7. The summed E-state index contributed by atoms with van der Waals surface area (Å²) in [7, 11) is 0. The summed E-state index contributed by atoms with van der Waals surface area (Å²) in [5.74, 6) is -0.284. The van der Waals surface area contributed by atoms with Crippen LogP contribution in [0.25, 0.3) is 11.4 Å². The zero-order valence-corrected chi connectivity index (χ0v) is 23.6. The minimum Gasteiger partial charge on any atom is -0.385 e. The number of likely N-dealkylation sites (tertiary alicyclic amines) is 2. The lowest BCUT2D eigenvalue weighted by Crippen LogP contribution is -2.47. The van der Waals surface area contributed by atoms with E-state index in [0.29, 0.717) is 31.3 Å². The smallest absolute Gasteiger partial charge is 0.385 e. The molecule has 2 atom stereocenters. The van der Waals surface area contributed by atoms with Crippen LogP contribution in [0.5, 0.6) is 0 Å². The highest BCUT2D eigenvalue weighted by atomic mass is 19.4. The van der Waals surface area contributed by atoms with E-state index in [1.807, 2.05) is 29.2 Å². The van der Waals surface area contributed by atoms with Crippen LogP contribution >= 0.6 is 0 Å². The van der Waals surface area contributed by atoms with Gasteiger partial charge >= 0.3 is 6.18 Å². The standard InChI is InChI=1S/C32H34F3N5O3/c33-32(34,35)24-4-1-3-22(19-24)30(42)38-20-28(41)40-18-12-26-27(40)11-17-39(26)25-9-13-31(43,14-10-25)23-7-5-21(6-8-23)29-36-15-2-16-37-29/h1-8,15-16,19,25-27,43H,9-14,17-18,20H2,(H,38,42)/t25?,26-,27-,31?/m1/s1. The molecule has 11 heteroatoms. The minimum absolute atomic E-state index is 0.0477. The average molecular weight is 594 g/mol. The van der Waals surface area contributed by atoms with Crippen molar-refractivity contribution in [3.8, 4) is 11.4 Å². The maximum absolute atomic E-state index is 13.1. The molecule has 226 valence electrons. The lowest BCUT2D eigenvalue weighted by Gasteiger charge is -2.41. The Morgan fingerprint density at radius 2 is 1.63 bits per heavy atom. The SMILES string of the molecule is O=C(NCC(=O)N1CC[C@@H]2[C@H]1CCN2C1CCC(O)(c2ccc(-c3ncccn3)cc2)CC1)c1cccc(C(F)(F)F)c1. The second-order valence-electron chi connectivity index (χ2n) is 11.7. The molecule has 3 fully saturated rings. The number of aliphatic hydroxyl groups is 1. The third kappa shape index (κ3) is 6.01. The molecule has 1 saturated carbocycles. The second-order valence-corrected chi connectivity index (χ2v) is 11.7. The number of alkyl halides is 3. The van der Waals surface area contributed by atoms with Crippen LogP contribution in [0.3, 0.4) is 0 Å². The third-order valence-corrected chi connectivity index (χ3v) is 9.29. The predicted octanol–water partition coefficient (Wildman–Crippen LogP) is 4.40. The van der Waals surface area contributed by atoms with Crippen molar-refractivity contribution in [3.63, 3.8) is 0 Å². The number of aromatic nitrogens is 2. The lowest BCUT2D eigenvalue weighted by molar-refractivity contribution is -0.137. The van der Waals surface area contributed by atoms with E-state index in [-0.39, 0.29) is 30.1 Å². The number of rotatable bonds is 6. The first-order chi connectivity index (χ1) is 20.6. The van der Waals surface area contributed by atoms with Crippen molar-refractivity contribution in [2.24, 2.45) is 0 Å². The van der Waals surface area contributed by atoms with E-state index < -0.39 is 23.2 Å². The molecule has 3 heterocycles. The first-order valence-corrected chi connectivity index (χ1v) is 14.7. The molecule has 3 aliphatic rings. The summed E-state index contributed by atoms with van der Waals surface area (Å²) in [6.45, 7) is 1.19. The Morgan fingerprint density at radius 1 is 0.930 bits per heavy atom. The summed E-state index contributed by atoms with van der Waals surface area (Å²) >= 11 is 0. The Hall–Kier alpha value is -3.83. The van der Waals surface area contributed by atoms with E-state index in [4.69, 9.17) is 0 Å². The zero-order valence-electron chi connectivity index (χ0n) is 23.6. The first kappa shape index (κ1) is 29.3. The number of nitrogens with one attached hydrogen (secondary N) is 1. The second kappa shape index (κ2) is 11.7. The summed E-state index contributed by atoms with van der Waals surface area (Å²) in [6.07, 6.45) is 3.53. The zero-order chi connectivity index (χ0) is 30.2. The Morgan fingerprint density at radius 3 is 2.33 bits per heavy atom. The Labute approximate surface area is 247 Å². The Balaban J connectivity index is 1.01. The lowest BCUT2D eigenvalue weighted by atomic mass is 9.77. The van der Waals surface area contributed by atoms with Gasteiger partial charge in [0, 0.05) is 54.7 Å². The molecule has 6 rings (SSSR count). The van der Waals surface area contributed by atoms with Crippen LogP contribution < -0.4 is 5.32 Å². The number of benzene rings is 2. The van der Waals surface area contributed by atoms with Crippen LogP contribution in [0.15, 0.2) is 67.0 Å². The molecule has 3 aromatic rings. The van der Waals surface area contributed by atoms with Crippen molar-refractivity contribution in [3.05, 3.63) is 83.7 Å². The van der Waals surface area contributed by atoms with E-state index >= 15 is 0 Å². The quantitative estimate of drug-likeness (QED) is 0.440. The normalized spacial score (nSPS) is 25.9. The van der Waals surface area contributed by atoms with E-state index in [1.165, 1.54) is 12.1 Å². The Bertz CT molecular complexity index is 1460. The fraction of sp³-hybridized carbons (Fsp3) is 0.438. The molecule has 0 spiro atoms. The molecule has 2 N–H and O–H groups in total. The van der Waals surface area contributed by atoms with Crippen LogP contribution in [0.4, 0.5) is 13.2 Å². The fourth-order valence-electron chi connectivity index (χ4n) is 7.06. The highest BCUT2D eigenvalue weighted by molar-refractivity contribution is 5.96. The number of carbonyl (C=O) groups excluding carboxylic acids is 2. The van der Waals surface area contributed by atoms with Crippen molar-refractivity contribution in [2.75, 3.05) is 19.6 Å². The molecule has 1 aromatic heterocycles. The Kier molecular flexibility index (Phi) is 7.95. The molecule has 0 bridgehead atoms. The van der Waals surface area contributed by atoms with Crippen LogP contribution in [-0.2, 0) is 16.6 Å². The summed E-state index contributed by atoms with van der Waals surface area (Å²) in [5.41, 5.74) is -0.124. The van der Waals surface area contributed by atoms with Crippen molar-refractivity contribution in [2.45, 2.75) is 68.4 Å². The summed E-state index contributed by atoms with van der Waals surface area (Å²) in [5, 5.41) is 14.0. The van der Waals surface area contributed by atoms with Gasteiger partial charge in [0.15, 0.2) is 5.82 Å². The summed E-state index contributed by atoms with van der Waals surface area (Å²) in [4.78, 5) is 38.4. The van der Waals surface area contributed by atoms with E-state index in [9.17, 15) is 27.9 Å². The van der Waals surface area contributed by atoms with Gasteiger partial charge in [0.25, 0.3) is 5.91 Å². The van der Waals surface area contributed by atoms with Gasteiger partial charge in [0.1, 0.15) is 0 Å². The molecule has 2 aromatic carbocycles. The van der Waals surface area contributed by atoms with E-state index in [2.05, 4.69) is 20.2 Å². The average Bonchev–Trinajstić information content (AvgIpc) is 3.63.